The number of ether oxygens (including phenoxy) is 1. The number of sulfonamides is 1. The number of aliphatic hydroxyl groups is 2. The van der Waals surface area contributed by atoms with Crippen molar-refractivity contribution in [3.63, 3.8) is 0 Å². The zero-order chi connectivity index (χ0) is 35.5. The van der Waals surface area contributed by atoms with Gasteiger partial charge in [0.25, 0.3) is 10.2 Å². The molecule has 1 aromatic carbocycles. The minimum absolute atomic E-state index is 0.00439. The molecule has 0 radical (unpaired) electrons. The summed E-state index contributed by atoms with van der Waals surface area (Å²) in [7, 11) is -2.44. The Balaban J connectivity index is 2.18. The van der Waals surface area contributed by atoms with E-state index in [9.17, 15) is 48.0 Å². The van der Waals surface area contributed by atoms with Crippen LogP contribution >= 0.6 is 0 Å². The van der Waals surface area contributed by atoms with E-state index in [1.807, 2.05) is 13.8 Å². The molecule has 2 unspecified atom stereocenters. The number of esters is 1. The SMILES string of the molecule is CCC(O[N+](=O)[O-])C(CCOC(=O)C[C@H](O)C[C@H](O)/C=C/c1c(-c2ccc(F)cc2)nc(N(C)S(C)(=O)=O)nc1C(C)C)O[N+](=O)[O-]. The van der Waals surface area contributed by atoms with Gasteiger partial charge in [0.15, 0.2) is 0 Å². The van der Waals surface area contributed by atoms with E-state index < -0.39 is 69.4 Å². The average Bonchev–Trinajstić information content (AvgIpc) is 2.97. The Bertz CT molecular complexity index is 1520. The standard InChI is InChI=1S/C28H38FN5O12S/c1-6-23(45-33(38)39)24(46-34(40)41)13-14-44-25(37)16-21(36)15-20(35)11-12-22-26(17(2)3)30-28(32(4)47(5,42)43)31-27(22)18-7-9-19(29)10-8-18/h7-12,17,20-21,23-24,35-36H,6,13-16H2,1-5H3/b12-11+/t20-,21-,23?,24?/m1/s1. The highest BCUT2D eigenvalue weighted by molar-refractivity contribution is 7.92. The summed E-state index contributed by atoms with van der Waals surface area (Å²) in [5, 5.41) is 40.2. The maximum atomic E-state index is 13.7. The van der Waals surface area contributed by atoms with Crippen molar-refractivity contribution in [1.82, 2.24) is 9.97 Å². The topological polar surface area (TPSA) is 235 Å². The Morgan fingerprint density at radius 1 is 1.09 bits per heavy atom. The summed E-state index contributed by atoms with van der Waals surface area (Å²) in [6.45, 7) is 4.68. The smallest absolute Gasteiger partial charge is 0.308 e. The Labute approximate surface area is 270 Å². The van der Waals surface area contributed by atoms with Crippen molar-refractivity contribution in [2.75, 3.05) is 24.2 Å². The van der Waals surface area contributed by atoms with E-state index in [1.165, 1.54) is 50.4 Å². The van der Waals surface area contributed by atoms with Crippen molar-refractivity contribution >= 4 is 28.0 Å². The summed E-state index contributed by atoms with van der Waals surface area (Å²) in [6, 6.07) is 5.34. The molecular formula is C28H38FN5O12S. The van der Waals surface area contributed by atoms with E-state index in [0.717, 1.165) is 10.6 Å². The van der Waals surface area contributed by atoms with Crippen molar-refractivity contribution < 1.29 is 52.4 Å². The first-order valence-corrected chi connectivity index (χ1v) is 16.2. The number of anilines is 1. The largest absolute Gasteiger partial charge is 0.466 e. The van der Waals surface area contributed by atoms with Crippen LogP contribution in [-0.4, -0.2) is 89.1 Å². The molecule has 0 spiro atoms. The van der Waals surface area contributed by atoms with E-state index in [4.69, 9.17) is 4.74 Å². The van der Waals surface area contributed by atoms with Crippen LogP contribution in [0.2, 0.25) is 0 Å². The third-order valence-corrected chi connectivity index (χ3v) is 7.89. The van der Waals surface area contributed by atoms with Gasteiger partial charge in [0.05, 0.1) is 42.9 Å². The summed E-state index contributed by atoms with van der Waals surface area (Å²) in [6.07, 6.45) is -2.73. The van der Waals surface area contributed by atoms with Gasteiger partial charge in [0, 0.05) is 31.0 Å². The molecule has 0 saturated heterocycles. The van der Waals surface area contributed by atoms with Crippen LogP contribution in [0.15, 0.2) is 30.3 Å². The van der Waals surface area contributed by atoms with Gasteiger partial charge in [-0.2, -0.15) is 0 Å². The molecule has 19 heteroatoms. The van der Waals surface area contributed by atoms with Gasteiger partial charge in [-0.3, -0.25) is 4.79 Å². The minimum atomic E-state index is -3.73. The highest BCUT2D eigenvalue weighted by atomic mass is 32.2. The van der Waals surface area contributed by atoms with Gasteiger partial charge < -0.3 is 24.6 Å². The van der Waals surface area contributed by atoms with Gasteiger partial charge in [0.1, 0.15) is 18.0 Å². The number of aromatic nitrogens is 2. The number of rotatable bonds is 19. The Morgan fingerprint density at radius 2 is 1.68 bits per heavy atom. The van der Waals surface area contributed by atoms with Gasteiger partial charge >= 0.3 is 5.97 Å². The number of nitrogens with zero attached hydrogens (tertiary/aromatic N) is 5. The zero-order valence-electron chi connectivity index (χ0n) is 26.4. The lowest BCUT2D eigenvalue weighted by Crippen LogP contribution is -2.36. The maximum absolute atomic E-state index is 13.7. The molecule has 260 valence electrons. The normalized spacial score (nSPS) is 14.3. The second-order valence-electron chi connectivity index (χ2n) is 10.7. The third-order valence-electron chi connectivity index (χ3n) is 6.73. The monoisotopic (exact) mass is 687 g/mol. The first kappa shape index (κ1) is 38.7. The maximum Gasteiger partial charge on any atom is 0.308 e. The van der Waals surface area contributed by atoms with Crippen LogP contribution in [0.4, 0.5) is 10.3 Å². The molecule has 2 rings (SSSR count). The minimum Gasteiger partial charge on any atom is -0.466 e. The molecule has 4 atom stereocenters. The van der Waals surface area contributed by atoms with Crippen LogP contribution in [0.3, 0.4) is 0 Å². The Morgan fingerprint density at radius 3 is 2.21 bits per heavy atom. The van der Waals surface area contributed by atoms with Gasteiger partial charge in [-0.15, -0.1) is 20.2 Å². The predicted octanol–water partition coefficient (Wildman–Crippen LogP) is 2.81. The molecule has 0 aliphatic carbocycles. The van der Waals surface area contributed by atoms with E-state index in [-0.39, 0.29) is 36.8 Å². The molecule has 0 saturated carbocycles. The lowest BCUT2D eigenvalue weighted by Gasteiger charge is -2.22. The molecule has 47 heavy (non-hydrogen) atoms. The summed E-state index contributed by atoms with van der Waals surface area (Å²) < 4.78 is 44.0. The van der Waals surface area contributed by atoms with E-state index in [0.29, 0.717) is 16.8 Å². The molecule has 1 aromatic heterocycles. The summed E-state index contributed by atoms with van der Waals surface area (Å²) >= 11 is 0. The van der Waals surface area contributed by atoms with Gasteiger partial charge in [-0.05, 0) is 36.6 Å². The van der Waals surface area contributed by atoms with Crippen molar-refractivity contribution in [2.45, 2.75) is 76.8 Å². The van der Waals surface area contributed by atoms with Crippen molar-refractivity contribution in [3.05, 3.63) is 67.6 Å². The van der Waals surface area contributed by atoms with Crippen LogP contribution in [0.25, 0.3) is 17.3 Å². The van der Waals surface area contributed by atoms with Crippen molar-refractivity contribution in [2.24, 2.45) is 0 Å². The second-order valence-corrected chi connectivity index (χ2v) is 12.7. The predicted molar refractivity (Wildman–Crippen MR) is 165 cm³/mol. The molecule has 0 amide bonds. The van der Waals surface area contributed by atoms with Crippen molar-refractivity contribution in [3.8, 4) is 11.3 Å². The van der Waals surface area contributed by atoms with Crippen molar-refractivity contribution in [1.29, 1.82) is 0 Å². The van der Waals surface area contributed by atoms with E-state index in [1.54, 1.807) is 0 Å². The first-order valence-electron chi connectivity index (χ1n) is 14.4. The van der Waals surface area contributed by atoms with E-state index >= 15 is 0 Å². The second kappa shape index (κ2) is 17.4. The lowest BCUT2D eigenvalue weighted by atomic mass is 9.97. The summed E-state index contributed by atoms with van der Waals surface area (Å²) in [4.78, 5) is 51.4. The summed E-state index contributed by atoms with van der Waals surface area (Å²) in [5.74, 6) is -1.78. The lowest BCUT2D eigenvalue weighted by molar-refractivity contribution is -0.799. The van der Waals surface area contributed by atoms with Crippen LogP contribution in [0.5, 0.6) is 0 Å². The number of hydrogen-bond donors (Lipinski definition) is 2. The van der Waals surface area contributed by atoms with Gasteiger partial charge in [-0.1, -0.05) is 32.9 Å². The van der Waals surface area contributed by atoms with Gasteiger partial charge in [-0.25, -0.2) is 27.1 Å². The number of carbonyl (C=O) groups is 1. The fourth-order valence-corrected chi connectivity index (χ4v) is 4.70. The Kier molecular flexibility index (Phi) is 14.4. The van der Waals surface area contributed by atoms with Crippen LogP contribution < -0.4 is 4.31 Å². The third kappa shape index (κ3) is 12.3. The number of halogens is 1. The fourth-order valence-electron chi connectivity index (χ4n) is 4.32. The fraction of sp³-hybridized carbons (Fsp3) is 0.536. The Hall–Kier alpha value is -4.49. The zero-order valence-corrected chi connectivity index (χ0v) is 27.2. The number of aliphatic hydroxyl groups excluding tert-OH is 2. The molecule has 0 bridgehead atoms. The van der Waals surface area contributed by atoms with Crippen LogP contribution in [-0.2, 0) is 29.2 Å². The number of carbonyl (C=O) groups excluding carboxylic acids is 1. The number of benzene rings is 1. The molecule has 17 nitrogen and oxygen atoms in total. The van der Waals surface area contributed by atoms with Crippen LogP contribution in [0, 0.1) is 26.0 Å². The van der Waals surface area contributed by atoms with Gasteiger partial charge in [0.2, 0.25) is 16.0 Å². The first-order chi connectivity index (χ1) is 21.9. The highest BCUT2D eigenvalue weighted by Crippen LogP contribution is 2.32. The highest BCUT2D eigenvalue weighted by Gasteiger charge is 2.28. The molecular weight excluding hydrogens is 649 g/mol. The van der Waals surface area contributed by atoms with E-state index in [2.05, 4.69) is 19.6 Å². The molecule has 0 aliphatic heterocycles. The molecule has 0 fully saturated rings. The molecule has 2 N–H and O–H groups in total. The number of hydrogen-bond acceptors (Lipinski definition) is 14. The quantitative estimate of drug-likeness (QED) is 0.123. The summed E-state index contributed by atoms with van der Waals surface area (Å²) in [5.41, 5.74) is 1.53. The molecule has 1 heterocycles. The van der Waals surface area contributed by atoms with Crippen LogP contribution in [0.1, 0.15) is 63.6 Å². The average molecular weight is 688 g/mol. The molecule has 0 aliphatic rings. The molecule has 2 aromatic rings.